The van der Waals surface area contributed by atoms with Gasteiger partial charge in [-0.3, -0.25) is 9.69 Å². The Bertz CT molecular complexity index is 375. The predicted octanol–water partition coefficient (Wildman–Crippen LogP) is 2.68. The van der Waals surface area contributed by atoms with Gasteiger partial charge in [-0.25, -0.2) is 0 Å². The molecule has 0 bridgehead atoms. The second-order valence-corrected chi connectivity index (χ2v) is 6.67. The lowest BCUT2D eigenvalue weighted by Gasteiger charge is -2.32. The van der Waals surface area contributed by atoms with Crippen LogP contribution in [0.15, 0.2) is 12.1 Å². The first-order valence-corrected chi connectivity index (χ1v) is 7.55. The van der Waals surface area contributed by atoms with Gasteiger partial charge in [0.1, 0.15) is 0 Å². The largest absolute Gasteiger partial charge is 0.292 e. The Balaban J connectivity index is 1.96. The molecule has 2 nitrogen and oxygen atoms in total. The number of ketones is 1. The summed E-state index contributed by atoms with van der Waals surface area (Å²) in [6.07, 6.45) is 0. The first kappa shape index (κ1) is 12.1. The quantitative estimate of drug-likeness (QED) is 0.775. The molecule has 0 N–H and O–H groups in total. The molecule has 1 fully saturated rings. The lowest BCUT2D eigenvalue weighted by Crippen LogP contribution is -2.43. The number of rotatable bonds is 3. The van der Waals surface area contributed by atoms with Crippen molar-refractivity contribution in [2.45, 2.75) is 19.9 Å². The summed E-state index contributed by atoms with van der Waals surface area (Å²) >= 11 is 3.59. The number of hydrogen-bond donors (Lipinski definition) is 0. The number of thiophene rings is 1. The van der Waals surface area contributed by atoms with Crippen molar-refractivity contribution in [1.29, 1.82) is 0 Å². The average Bonchev–Trinajstić information content (AvgIpc) is 2.68. The van der Waals surface area contributed by atoms with E-state index in [1.54, 1.807) is 11.3 Å². The standard InChI is InChI=1S/C12H17NOS2/c1-9-8-15-6-5-13(9)7-11(14)12-4-3-10(2)16-12/h3-4,9H,5-8H2,1-2H3. The Morgan fingerprint density at radius 2 is 2.38 bits per heavy atom. The minimum absolute atomic E-state index is 0.275. The third kappa shape index (κ3) is 2.87. The molecule has 0 spiro atoms. The number of carbonyl (C=O) groups excluding carboxylic acids is 1. The molecule has 2 rings (SSSR count). The summed E-state index contributed by atoms with van der Waals surface area (Å²) in [4.78, 5) is 16.5. The van der Waals surface area contributed by atoms with Crippen molar-refractivity contribution >= 4 is 28.9 Å². The molecule has 88 valence electrons. The van der Waals surface area contributed by atoms with Gasteiger partial charge < -0.3 is 0 Å². The zero-order valence-corrected chi connectivity index (χ0v) is 11.4. The van der Waals surface area contributed by atoms with Gasteiger partial charge in [0.15, 0.2) is 5.78 Å². The molecule has 1 unspecified atom stereocenters. The summed E-state index contributed by atoms with van der Waals surface area (Å²) in [6, 6.07) is 4.50. The Hall–Kier alpha value is -0.320. The monoisotopic (exact) mass is 255 g/mol. The molecule has 0 radical (unpaired) electrons. The fourth-order valence-electron chi connectivity index (χ4n) is 1.84. The maximum absolute atomic E-state index is 12.0. The minimum Gasteiger partial charge on any atom is -0.292 e. The van der Waals surface area contributed by atoms with Crippen molar-refractivity contribution in [3.63, 3.8) is 0 Å². The summed E-state index contributed by atoms with van der Waals surface area (Å²) in [7, 11) is 0. The summed E-state index contributed by atoms with van der Waals surface area (Å²) in [5.41, 5.74) is 0. The fourth-order valence-corrected chi connectivity index (χ4v) is 3.72. The van der Waals surface area contributed by atoms with E-state index in [1.165, 1.54) is 4.88 Å². The van der Waals surface area contributed by atoms with Crippen molar-refractivity contribution in [3.05, 3.63) is 21.9 Å². The Kier molecular flexibility index (Phi) is 4.05. The zero-order chi connectivity index (χ0) is 11.5. The van der Waals surface area contributed by atoms with E-state index in [9.17, 15) is 4.79 Å². The van der Waals surface area contributed by atoms with Crippen LogP contribution in [0.1, 0.15) is 21.5 Å². The SMILES string of the molecule is Cc1ccc(C(=O)CN2CCSCC2C)s1. The lowest BCUT2D eigenvalue weighted by molar-refractivity contribution is 0.0915. The molecular weight excluding hydrogens is 238 g/mol. The number of Topliss-reactive ketones (excluding diaryl/α,β-unsaturated/α-hetero) is 1. The third-order valence-corrected chi connectivity index (χ3v) is 5.10. The maximum atomic E-state index is 12.0. The van der Waals surface area contributed by atoms with Crippen molar-refractivity contribution in [1.82, 2.24) is 4.90 Å². The van der Waals surface area contributed by atoms with Gasteiger partial charge in [0, 0.05) is 29.0 Å². The molecule has 1 aromatic heterocycles. The topological polar surface area (TPSA) is 20.3 Å². The first-order valence-electron chi connectivity index (χ1n) is 5.58. The lowest BCUT2D eigenvalue weighted by atomic mass is 10.2. The van der Waals surface area contributed by atoms with Crippen LogP contribution in [0, 0.1) is 6.92 Å². The molecule has 2 heterocycles. The van der Waals surface area contributed by atoms with E-state index < -0.39 is 0 Å². The molecule has 0 amide bonds. The van der Waals surface area contributed by atoms with E-state index in [1.807, 2.05) is 30.8 Å². The van der Waals surface area contributed by atoms with Gasteiger partial charge in [0.25, 0.3) is 0 Å². The molecule has 1 aliphatic heterocycles. The molecular formula is C12H17NOS2. The van der Waals surface area contributed by atoms with Gasteiger partial charge in [0.05, 0.1) is 11.4 Å². The van der Waals surface area contributed by atoms with E-state index in [0.29, 0.717) is 12.6 Å². The van der Waals surface area contributed by atoms with Gasteiger partial charge in [-0.05, 0) is 26.0 Å². The predicted molar refractivity (Wildman–Crippen MR) is 71.7 cm³/mol. The van der Waals surface area contributed by atoms with Crippen LogP contribution in [0.5, 0.6) is 0 Å². The van der Waals surface area contributed by atoms with Gasteiger partial charge >= 0.3 is 0 Å². The summed E-state index contributed by atoms with van der Waals surface area (Å²) in [5, 5.41) is 0. The average molecular weight is 255 g/mol. The van der Waals surface area contributed by atoms with Crippen LogP contribution in [0.3, 0.4) is 0 Å². The van der Waals surface area contributed by atoms with Crippen molar-refractivity contribution < 1.29 is 4.79 Å². The highest BCUT2D eigenvalue weighted by molar-refractivity contribution is 7.99. The molecule has 0 aromatic carbocycles. The number of nitrogens with zero attached hydrogens (tertiary/aromatic N) is 1. The van der Waals surface area contributed by atoms with Crippen molar-refractivity contribution in [3.8, 4) is 0 Å². The number of carbonyl (C=O) groups is 1. The molecule has 1 aromatic rings. The van der Waals surface area contributed by atoms with Crippen LogP contribution in [-0.2, 0) is 0 Å². The second kappa shape index (κ2) is 5.34. The van der Waals surface area contributed by atoms with E-state index in [-0.39, 0.29) is 5.78 Å². The summed E-state index contributed by atoms with van der Waals surface area (Å²) in [5.74, 6) is 2.58. The van der Waals surface area contributed by atoms with E-state index >= 15 is 0 Å². The van der Waals surface area contributed by atoms with Crippen LogP contribution < -0.4 is 0 Å². The number of thioether (sulfide) groups is 1. The van der Waals surface area contributed by atoms with Crippen LogP contribution in [0.25, 0.3) is 0 Å². The molecule has 4 heteroatoms. The fraction of sp³-hybridized carbons (Fsp3) is 0.583. The highest BCUT2D eigenvalue weighted by Crippen LogP contribution is 2.19. The highest BCUT2D eigenvalue weighted by Gasteiger charge is 2.21. The van der Waals surface area contributed by atoms with E-state index in [0.717, 1.165) is 22.9 Å². The summed E-state index contributed by atoms with van der Waals surface area (Å²) in [6.45, 7) is 5.88. The van der Waals surface area contributed by atoms with Crippen molar-refractivity contribution in [2.75, 3.05) is 24.6 Å². The van der Waals surface area contributed by atoms with Crippen LogP contribution in [0.2, 0.25) is 0 Å². The normalized spacial score (nSPS) is 22.2. The maximum Gasteiger partial charge on any atom is 0.186 e. The molecule has 0 saturated carbocycles. The molecule has 1 aliphatic rings. The van der Waals surface area contributed by atoms with Crippen molar-refractivity contribution in [2.24, 2.45) is 0 Å². The number of aryl methyl sites for hydroxylation is 1. The Morgan fingerprint density at radius 1 is 1.56 bits per heavy atom. The Labute approximate surface area is 105 Å². The smallest absolute Gasteiger partial charge is 0.186 e. The highest BCUT2D eigenvalue weighted by atomic mass is 32.2. The molecule has 16 heavy (non-hydrogen) atoms. The summed E-state index contributed by atoms with van der Waals surface area (Å²) < 4.78 is 0. The molecule has 1 saturated heterocycles. The molecule has 0 aliphatic carbocycles. The van der Waals surface area contributed by atoms with E-state index in [4.69, 9.17) is 0 Å². The Morgan fingerprint density at radius 3 is 3.00 bits per heavy atom. The van der Waals surface area contributed by atoms with Gasteiger partial charge in [0.2, 0.25) is 0 Å². The minimum atomic E-state index is 0.275. The van der Waals surface area contributed by atoms with E-state index in [2.05, 4.69) is 11.8 Å². The van der Waals surface area contributed by atoms with Gasteiger partial charge in [-0.2, -0.15) is 11.8 Å². The zero-order valence-electron chi connectivity index (χ0n) is 9.73. The van der Waals surface area contributed by atoms with Crippen LogP contribution in [0.4, 0.5) is 0 Å². The van der Waals surface area contributed by atoms with Gasteiger partial charge in [-0.15, -0.1) is 11.3 Å². The second-order valence-electron chi connectivity index (χ2n) is 4.23. The van der Waals surface area contributed by atoms with Gasteiger partial charge in [-0.1, -0.05) is 0 Å². The van der Waals surface area contributed by atoms with Crippen LogP contribution in [-0.4, -0.2) is 41.3 Å². The van der Waals surface area contributed by atoms with Crippen LogP contribution >= 0.6 is 23.1 Å². The third-order valence-electron chi connectivity index (χ3n) is 2.87. The first-order chi connectivity index (χ1) is 7.66. The number of hydrogen-bond acceptors (Lipinski definition) is 4. The molecule has 1 atom stereocenters.